The van der Waals surface area contributed by atoms with Gasteiger partial charge in [-0.1, -0.05) is 19.1 Å². The van der Waals surface area contributed by atoms with Gasteiger partial charge in [-0.05, 0) is 36.6 Å². The van der Waals surface area contributed by atoms with E-state index in [-0.39, 0.29) is 0 Å². The highest BCUT2D eigenvalue weighted by Gasteiger charge is 2.20. The summed E-state index contributed by atoms with van der Waals surface area (Å²) < 4.78 is 0. The molecule has 0 fully saturated rings. The predicted molar refractivity (Wildman–Crippen MR) is 57.7 cm³/mol. The second kappa shape index (κ2) is 4.09. The summed E-state index contributed by atoms with van der Waals surface area (Å²) in [4.78, 5) is 3.78. The summed E-state index contributed by atoms with van der Waals surface area (Å²) in [6, 6.07) is 0. The molecule has 0 saturated carbocycles. The van der Waals surface area contributed by atoms with Gasteiger partial charge in [-0.3, -0.25) is 0 Å². The van der Waals surface area contributed by atoms with E-state index in [1.807, 2.05) is 13.0 Å². The second-order valence-corrected chi connectivity index (χ2v) is 3.51. The molecule has 0 bridgehead atoms. The molecule has 1 heteroatoms. The highest BCUT2D eigenvalue weighted by atomic mass is 14.7. The molecule has 1 aliphatic rings. The van der Waals surface area contributed by atoms with E-state index in [1.165, 1.54) is 11.1 Å². The lowest BCUT2D eigenvalue weighted by Gasteiger charge is -2.12. The van der Waals surface area contributed by atoms with Crippen LogP contribution in [-0.2, 0) is 0 Å². The normalized spacial score (nSPS) is 23.2. The molecule has 0 aromatic carbocycles. The lowest BCUT2D eigenvalue weighted by Crippen LogP contribution is -2.01. The average molecular weight is 174 g/mol. The molecule has 0 radical (unpaired) electrons. The Balaban J connectivity index is 3.08. The van der Waals surface area contributed by atoms with Crippen LogP contribution in [0.25, 0.3) is 4.85 Å². The molecule has 1 atom stereocenters. The van der Waals surface area contributed by atoms with Crippen molar-refractivity contribution < 1.29 is 0 Å². The van der Waals surface area contributed by atoms with Gasteiger partial charge in [0.1, 0.15) is 0 Å². The van der Waals surface area contributed by atoms with Crippen molar-refractivity contribution >= 4 is 0 Å². The first-order valence-electron chi connectivity index (χ1n) is 4.64. The maximum Gasteiger partial charge on any atom is 0.342 e. The summed E-state index contributed by atoms with van der Waals surface area (Å²) in [5.41, 5.74) is 3.48. The summed E-state index contributed by atoms with van der Waals surface area (Å²) in [5.74, 6) is 0.593. The Bertz CT molecular complexity index is 324. The molecule has 0 N–H and O–H groups in total. The SMILES string of the molecule is C#[N+]C1=C(/C(C)=C\C)C[C@H](C)C=C1. The minimum absolute atomic E-state index is 0.593. The van der Waals surface area contributed by atoms with Gasteiger partial charge in [-0.25, -0.2) is 0 Å². The van der Waals surface area contributed by atoms with E-state index >= 15 is 0 Å². The fourth-order valence-corrected chi connectivity index (χ4v) is 1.51. The fraction of sp³-hybridized carbons (Fsp3) is 0.417. The van der Waals surface area contributed by atoms with E-state index in [4.69, 9.17) is 6.57 Å². The Labute approximate surface area is 80.3 Å². The van der Waals surface area contributed by atoms with E-state index in [1.54, 1.807) is 0 Å². The Morgan fingerprint density at radius 3 is 2.92 bits per heavy atom. The molecule has 1 nitrogen and oxygen atoms in total. The van der Waals surface area contributed by atoms with E-state index in [9.17, 15) is 0 Å². The first-order chi connectivity index (χ1) is 6.19. The van der Waals surface area contributed by atoms with Crippen LogP contribution in [0.4, 0.5) is 0 Å². The van der Waals surface area contributed by atoms with Gasteiger partial charge in [0, 0.05) is 11.6 Å². The Morgan fingerprint density at radius 2 is 2.38 bits per heavy atom. The van der Waals surface area contributed by atoms with Gasteiger partial charge in [0.25, 0.3) is 6.57 Å². The van der Waals surface area contributed by atoms with Gasteiger partial charge >= 0.3 is 5.70 Å². The van der Waals surface area contributed by atoms with Gasteiger partial charge < -0.3 is 0 Å². The van der Waals surface area contributed by atoms with Crippen molar-refractivity contribution in [3.05, 3.63) is 39.9 Å². The summed E-state index contributed by atoms with van der Waals surface area (Å²) in [6.07, 6.45) is 7.31. The number of hydrogen-bond acceptors (Lipinski definition) is 0. The highest BCUT2D eigenvalue weighted by Crippen LogP contribution is 2.29. The predicted octanol–water partition coefficient (Wildman–Crippen LogP) is 3.77. The van der Waals surface area contributed by atoms with Crippen LogP contribution in [-0.4, -0.2) is 0 Å². The molecule has 0 saturated heterocycles. The van der Waals surface area contributed by atoms with Crippen molar-refractivity contribution in [3.8, 4) is 6.57 Å². The highest BCUT2D eigenvalue weighted by molar-refractivity contribution is 5.45. The fourth-order valence-electron chi connectivity index (χ4n) is 1.51. The van der Waals surface area contributed by atoms with Crippen LogP contribution in [0.5, 0.6) is 0 Å². The standard InChI is InChI=1S/C12H16N/c1-5-10(3)11-8-9(2)6-7-12(11)13-4/h4-7,9H,8H2,1-3H3/q+1/b10-5-/t9-/m1/s1. The van der Waals surface area contributed by atoms with Gasteiger partial charge in [0.05, 0.1) is 0 Å². The molecule has 0 aromatic heterocycles. The molecule has 0 aliphatic heterocycles. The van der Waals surface area contributed by atoms with Crippen LogP contribution in [0, 0.1) is 12.5 Å². The zero-order valence-corrected chi connectivity index (χ0v) is 8.54. The molecule has 0 spiro atoms. The third-order valence-corrected chi connectivity index (χ3v) is 2.47. The Morgan fingerprint density at radius 1 is 1.69 bits per heavy atom. The third kappa shape index (κ3) is 2.09. The van der Waals surface area contributed by atoms with Crippen LogP contribution in [0.1, 0.15) is 27.2 Å². The Kier molecular flexibility index (Phi) is 3.08. The molecule has 1 aliphatic carbocycles. The van der Waals surface area contributed by atoms with Crippen molar-refractivity contribution in [1.82, 2.24) is 0 Å². The maximum atomic E-state index is 5.32. The van der Waals surface area contributed by atoms with Gasteiger partial charge in [0.2, 0.25) is 0 Å². The van der Waals surface area contributed by atoms with Crippen molar-refractivity contribution in [2.75, 3.05) is 0 Å². The van der Waals surface area contributed by atoms with Crippen LogP contribution in [0.15, 0.2) is 35.1 Å². The van der Waals surface area contributed by atoms with Crippen molar-refractivity contribution in [3.63, 3.8) is 0 Å². The monoisotopic (exact) mass is 174 g/mol. The van der Waals surface area contributed by atoms with Crippen LogP contribution in [0.2, 0.25) is 0 Å². The first kappa shape index (κ1) is 9.80. The largest absolute Gasteiger partial charge is 0.342 e. The molecule has 0 heterocycles. The molecule has 0 aromatic rings. The summed E-state index contributed by atoms with van der Waals surface area (Å²) in [6.45, 7) is 11.7. The van der Waals surface area contributed by atoms with Gasteiger partial charge in [-0.2, -0.15) is 0 Å². The molecule has 1 rings (SSSR count). The third-order valence-electron chi connectivity index (χ3n) is 2.47. The van der Waals surface area contributed by atoms with Crippen molar-refractivity contribution in [2.45, 2.75) is 27.2 Å². The summed E-state index contributed by atoms with van der Waals surface area (Å²) in [5, 5.41) is 0. The van der Waals surface area contributed by atoms with E-state index in [2.05, 4.69) is 30.8 Å². The zero-order valence-electron chi connectivity index (χ0n) is 8.54. The topological polar surface area (TPSA) is 4.36 Å². The molecular formula is C12H16N+. The quantitative estimate of drug-likeness (QED) is 0.570. The van der Waals surface area contributed by atoms with Crippen LogP contribution >= 0.6 is 0 Å². The maximum absolute atomic E-state index is 5.32. The minimum atomic E-state index is 0.593. The molecule has 0 amide bonds. The second-order valence-electron chi connectivity index (χ2n) is 3.51. The number of allylic oxidation sites excluding steroid dienone is 5. The van der Waals surface area contributed by atoms with E-state index in [0.29, 0.717) is 5.92 Å². The van der Waals surface area contributed by atoms with Crippen molar-refractivity contribution in [2.24, 2.45) is 5.92 Å². The molecule has 0 unspecified atom stereocenters. The zero-order chi connectivity index (χ0) is 9.84. The van der Waals surface area contributed by atoms with Gasteiger partial charge in [0.15, 0.2) is 0 Å². The molecule has 68 valence electrons. The Hall–Kier alpha value is -1.29. The lowest BCUT2D eigenvalue weighted by molar-refractivity contribution is 0.707. The van der Waals surface area contributed by atoms with Gasteiger partial charge in [-0.15, -0.1) is 0 Å². The van der Waals surface area contributed by atoms with Crippen LogP contribution in [0.3, 0.4) is 0 Å². The average Bonchev–Trinajstić information content (AvgIpc) is 2.16. The van der Waals surface area contributed by atoms with Crippen molar-refractivity contribution in [1.29, 1.82) is 0 Å². The van der Waals surface area contributed by atoms with Crippen LogP contribution < -0.4 is 0 Å². The number of nitrogens with zero attached hydrogens (tertiary/aromatic N) is 1. The summed E-state index contributed by atoms with van der Waals surface area (Å²) in [7, 11) is 0. The summed E-state index contributed by atoms with van der Waals surface area (Å²) >= 11 is 0. The molecular weight excluding hydrogens is 158 g/mol. The van der Waals surface area contributed by atoms with E-state index in [0.717, 1.165) is 12.1 Å². The smallest absolute Gasteiger partial charge is 0.0842 e. The first-order valence-corrected chi connectivity index (χ1v) is 4.64. The number of rotatable bonds is 1. The van der Waals surface area contributed by atoms with E-state index < -0.39 is 0 Å². The molecule has 13 heavy (non-hydrogen) atoms. The lowest BCUT2D eigenvalue weighted by atomic mass is 9.90. The number of hydrogen-bond donors (Lipinski definition) is 0. The minimum Gasteiger partial charge on any atom is -0.0842 e.